The van der Waals surface area contributed by atoms with Gasteiger partial charge >= 0.3 is 5.69 Å². The van der Waals surface area contributed by atoms with Gasteiger partial charge in [-0.2, -0.15) is 0 Å². The Morgan fingerprint density at radius 1 is 0.967 bits per heavy atom. The first-order valence-corrected chi connectivity index (χ1v) is 9.76. The van der Waals surface area contributed by atoms with E-state index in [-0.39, 0.29) is 18.1 Å². The van der Waals surface area contributed by atoms with Crippen LogP contribution in [0.5, 0.6) is 5.88 Å². The molecule has 152 valence electrons. The van der Waals surface area contributed by atoms with Gasteiger partial charge in [0, 0.05) is 12.6 Å². The van der Waals surface area contributed by atoms with Crippen LogP contribution in [0.3, 0.4) is 0 Å². The first-order chi connectivity index (χ1) is 14.7. The van der Waals surface area contributed by atoms with Crippen LogP contribution in [-0.2, 0) is 24.5 Å². The number of rotatable bonds is 7. The Kier molecular flexibility index (Phi) is 5.61. The van der Waals surface area contributed by atoms with Crippen molar-refractivity contribution in [2.45, 2.75) is 26.6 Å². The average Bonchev–Trinajstić information content (AvgIpc) is 3.04. The number of carbonyl (C=O) groups is 1. The molecule has 1 amide bonds. The van der Waals surface area contributed by atoms with Gasteiger partial charge in [0.05, 0.1) is 22.9 Å². The maximum absolute atomic E-state index is 12.7. The lowest BCUT2D eigenvalue weighted by Crippen LogP contribution is -2.29. The largest absolute Gasteiger partial charge is 0.473 e. The van der Waals surface area contributed by atoms with Gasteiger partial charge in [0.1, 0.15) is 13.2 Å². The Bertz CT molecular complexity index is 1210. The Labute approximate surface area is 173 Å². The highest BCUT2D eigenvalue weighted by Gasteiger charge is 2.14. The molecule has 1 N–H and O–H groups in total. The molecule has 0 radical (unpaired) electrons. The molecule has 0 aliphatic carbocycles. The van der Waals surface area contributed by atoms with E-state index in [2.05, 4.69) is 10.3 Å². The minimum absolute atomic E-state index is 0.0708. The number of hydrogen-bond acceptors (Lipinski definition) is 4. The molecule has 0 saturated carbocycles. The topological polar surface area (TPSA) is 78.2 Å². The van der Waals surface area contributed by atoms with Gasteiger partial charge in [-0.05, 0) is 30.7 Å². The summed E-state index contributed by atoms with van der Waals surface area (Å²) in [5.74, 6) is 0.176. The minimum atomic E-state index is -0.295. The van der Waals surface area contributed by atoms with Crippen LogP contribution in [-0.4, -0.2) is 20.0 Å². The van der Waals surface area contributed by atoms with Crippen LogP contribution in [0, 0.1) is 0 Å². The molecule has 0 aliphatic rings. The highest BCUT2D eigenvalue weighted by Crippen LogP contribution is 2.15. The fraction of sp³-hybridized carbons (Fsp3) is 0.174. The van der Waals surface area contributed by atoms with E-state index in [1.165, 1.54) is 10.8 Å². The van der Waals surface area contributed by atoms with Crippen LogP contribution < -0.4 is 15.7 Å². The Balaban J connectivity index is 1.42. The number of ether oxygens (including phenoxy) is 1. The first kappa shape index (κ1) is 19.4. The summed E-state index contributed by atoms with van der Waals surface area (Å²) < 4.78 is 8.80. The number of anilines is 1. The highest BCUT2D eigenvalue weighted by atomic mass is 16.5. The van der Waals surface area contributed by atoms with Crippen LogP contribution >= 0.6 is 0 Å². The molecule has 0 atom stereocenters. The Morgan fingerprint density at radius 2 is 1.67 bits per heavy atom. The second-order valence-corrected chi connectivity index (χ2v) is 6.81. The van der Waals surface area contributed by atoms with E-state index in [0.29, 0.717) is 24.7 Å². The van der Waals surface area contributed by atoms with E-state index in [1.807, 2.05) is 61.5 Å². The van der Waals surface area contributed by atoms with Gasteiger partial charge in [0.2, 0.25) is 11.8 Å². The smallest absolute Gasteiger partial charge is 0.329 e. The fourth-order valence-electron chi connectivity index (χ4n) is 3.35. The molecular weight excluding hydrogens is 380 g/mol. The van der Waals surface area contributed by atoms with Crippen LogP contribution in [0.25, 0.3) is 11.0 Å². The molecule has 2 aromatic heterocycles. The summed E-state index contributed by atoms with van der Waals surface area (Å²) in [4.78, 5) is 29.4. The Morgan fingerprint density at radius 3 is 2.33 bits per heavy atom. The molecule has 0 unspecified atom stereocenters. The van der Waals surface area contributed by atoms with Gasteiger partial charge in [0.15, 0.2) is 0 Å². The van der Waals surface area contributed by atoms with Crippen LogP contribution in [0.15, 0.2) is 77.7 Å². The molecule has 2 aromatic carbocycles. The number of imidazole rings is 1. The van der Waals surface area contributed by atoms with E-state index >= 15 is 0 Å². The number of aromatic nitrogens is 3. The van der Waals surface area contributed by atoms with Crippen molar-refractivity contribution in [3.63, 3.8) is 0 Å². The molecule has 0 spiro atoms. The molecule has 7 heteroatoms. The summed E-state index contributed by atoms with van der Waals surface area (Å²) >= 11 is 0. The zero-order valence-electron chi connectivity index (χ0n) is 16.6. The summed E-state index contributed by atoms with van der Waals surface area (Å²) in [6, 6.07) is 20.7. The molecular formula is C23H22N4O3. The third-order valence-electron chi connectivity index (χ3n) is 4.79. The average molecular weight is 402 g/mol. The summed E-state index contributed by atoms with van der Waals surface area (Å²) in [6.45, 7) is 2.80. The van der Waals surface area contributed by atoms with Gasteiger partial charge in [0.25, 0.3) is 0 Å². The van der Waals surface area contributed by atoms with Crippen molar-refractivity contribution in [1.82, 2.24) is 14.1 Å². The van der Waals surface area contributed by atoms with Crippen molar-refractivity contribution in [2.24, 2.45) is 0 Å². The lowest BCUT2D eigenvalue weighted by Gasteiger charge is -2.08. The number of nitrogens with zero attached hydrogens (tertiary/aromatic N) is 3. The summed E-state index contributed by atoms with van der Waals surface area (Å²) in [6.07, 6.45) is 1.54. The maximum atomic E-state index is 12.7. The maximum Gasteiger partial charge on any atom is 0.329 e. The Hall–Kier alpha value is -3.87. The van der Waals surface area contributed by atoms with E-state index in [1.54, 1.807) is 16.7 Å². The number of fused-ring (bicyclic) bond motifs is 1. The number of benzene rings is 2. The highest BCUT2D eigenvalue weighted by molar-refractivity contribution is 5.91. The van der Waals surface area contributed by atoms with Crippen molar-refractivity contribution < 1.29 is 9.53 Å². The predicted octanol–water partition coefficient (Wildman–Crippen LogP) is 3.44. The number of hydrogen-bond donors (Lipinski definition) is 1. The minimum Gasteiger partial charge on any atom is -0.473 e. The zero-order chi connectivity index (χ0) is 20.9. The van der Waals surface area contributed by atoms with Crippen molar-refractivity contribution in [1.29, 1.82) is 0 Å². The summed E-state index contributed by atoms with van der Waals surface area (Å²) in [7, 11) is 0. The van der Waals surface area contributed by atoms with Crippen LogP contribution in [0.1, 0.15) is 12.5 Å². The molecule has 30 heavy (non-hydrogen) atoms. The first-order valence-electron chi connectivity index (χ1n) is 9.76. The lowest BCUT2D eigenvalue weighted by atomic mass is 10.2. The van der Waals surface area contributed by atoms with Gasteiger partial charge in [-0.3, -0.25) is 13.9 Å². The molecule has 4 rings (SSSR count). The van der Waals surface area contributed by atoms with E-state index in [9.17, 15) is 9.59 Å². The van der Waals surface area contributed by atoms with Gasteiger partial charge < -0.3 is 10.1 Å². The standard InChI is InChI=1S/C23H22N4O3/c1-2-26-19-10-6-7-11-20(19)27(23(26)29)15-21(28)25-18-12-13-22(24-14-18)30-16-17-8-4-3-5-9-17/h3-14H,2,15-16H2,1H3,(H,25,28). The summed E-state index contributed by atoms with van der Waals surface area (Å²) in [5, 5.41) is 2.78. The molecule has 0 fully saturated rings. The fourth-order valence-corrected chi connectivity index (χ4v) is 3.35. The normalized spacial score (nSPS) is 10.8. The third-order valence-corrected chi connectivity index (χ3v) is 4.79. The molecule has 4 aromatic rings. The number of nitrogens with one attached hydrogen (secondary N) is 1. The SMILES string of the molecule is CCn1c(=O)n(CC(=O)Nc2ccc(OCc3ccccc3)nc2)c2ccccc21. The zero-order valence-corrected chi connectivity index (χ0v) is 16.6. The number of pyridine rings is 1. The van der Waals surface area contributed by atoms with Crippen LogP contribution in [0.4, 0.5) is 5.69 Å². The molecule has 0 aliphatic heterocycles. The molecule has 7 nitrogen and oxygen atoms in total. The quantitative estimate of drug-likeness (QED) is 0.514. The molecule has 0 saturated heterocycles. The molecule has 2 heterocycles. The number of amides is 1. The molecule has 0 bridgehead atoms. The third kappa shape index (κ3) is 4.10. The van der Waals surface area contributed by atoms with Gasteiger partial charge in [-0.1, -0.05) is 42.5 Å². The van der Waals surface area contributed by atoms with Crippen molar-refractivity contribution >= 4 is 22.6 Å². The van der Waals surface area contributed by atoms with Gasteiger partial charge in [-0.15, -0.1) is 0 Å². The number of para-hydroxylation sites is 2. The predicted molar refractivity (Wildman–Crippen MR) is 116 cm³/mol. The van der Waals surface area contributed by atoms with Crippen molar-refractivity contribution in [3.8, 4) is 5.88 Å². The van der Waals surface area contributed by atoms with E-state index in [4.69, 9.17) is 4.74 Å². The summed E-state index contributed by atoms with van der Waals surface area (Å²) in [5.41, 5.74) is 2.95. The second kappa shape index (κ2) is 8.65. The number of aryl methyl sites for hydroxylation is 1. The second-order valence-electron chi connectivity index (χ2n) is 6.81. The van der Waals surface area contributed by atoms with Gasteiger partial charge in [-0.25, -0.2) is 9.78 Å². The van der Waals surface area contributed by atoms with Crippen LogP contribution in [0.2, 0.25) is 0 Å². The van der Waals surface area contributed by atoms with Crippen molar-refractivity contribution in [3.05, 3.63) is 89.0 Å². The lowest BCUT2D eigenvalue weighted by molar-refractivity contribution is -0.116. The van der Waals surface area contributed by atoms with E-state index < -0.39 is 0 Å². The number of carbonyl (C=O) groups excluding carboxylic acids is 1. The van der Waals surface area contributed by atoms with E-state index in [0.717, 1.165) is 16.6 Å². The monoisotopic (exact) mass is 402 g/mol. The van der Waals surface area contributed by atoms with Crippen molar-refractivity contribution in [2.75, 3.05) is 5.32 Å².